The molecule has 170 valence electrons. The van der Waals surface area contributed by atoms with Crippen molar-refractivity contribution in [3.63, 3.8) is 0 Å². The normalized spacial score (nSPS) is 14.7. The van der Waals surface area contributed by atoms with Gasteiger partial charge in [-0.2, -0.15) is 0 Å². The number of alkyl halides is 1. The molecule has 4 aromatic rings. The molecule has 0 fully saturated rings. The number of halogens is 1. The topological polar surface area (TPSA) is 91.8 Å². The number of aromatic nitrogens is 3. The molecule has 3 aromatic heterocycles. The molecule has 1 amide bonds. The van der Waals surface area contributed by atoms with Gasteiger partial charge in [0.1, 0.15) is 11.9 Å². The van der Waals surface area contributed by atoms with Crippen LogP contribution in [0.4, 0.5) is 32.8 Å². The second-order valence-electron chi connectivity index (χ2n) is 8.07. The molecule has 0 radical (unpaired) electrons. The quantitative estimate of drug-likeness (QED) is 0.359. The number of hydrogen-bond acceptors (Lipinski definition) is 6. The predicted octanol–water partition coefficient (Wildman–Crippen LogP) is 5.44. The van der Waals surface area contributed by atoms with Crippen molar-refractivity contribution in [3.05, 3.63) is 96.3 Å². The van der Waals surface area contributed by atoms with Gasteiger partial charge in [0.25, 0.3) is 5.91 Å². The summed E-state index contributed by atoms with van der Waals surface area (Å²) in [6.45, 7) is 0. The van der Waals surface area contributed by atoms with Crippen LogP contribution in [-0.4, -0.2) is 27.0 Å². The Kier molecular flexibility index (Phi) is 6.11. The Morgan fingerprint density at radius 1 is 0.824 bits per heavy atom. The fourth-order valence-electron chi connectivity index (χ4n) is 3.90. The Balaban J connectivity index is 1.22. The minimum atomic E-state index is -0.845. The van der Waals surface area contributed by atoms with Gasteiger partial charge in [-0.3, -0.25) is 14.8 Å². The van der Waals surface area contributed by atoms with Crippen molar-refractivity contribution >= 4 is 34.3 Å². The maximum atomic E-state index is 13.9. The minimum absolute atomic E-state index is 0.296. The Labute approximate surface area is 196 Å². The number of anilines is 5. The van der Waals surface area contributed by atoms with Crippen molar-refractivity contribution in [2.45, 2.75) is 25.4 Å². The number of nitrogens with zero attached hydrogens (tertiary/aromatic N) is 3. The predicted molar refractivity (Wildman–Crippen MR) is 131 cm³/mol. The molecule has 0 saturated heterocycles. The van der Waals surface area contributed by atoms with E-state index in [0.29, 0.717) is 30.6 Å². The highest BCUT2D eigenvalue weighted by Crippen LogP contribution is 2.29. The summed E-state index contributed by atoms with van der Waals surface area (Å²) < 4.78 is 13.9. The van der Waals surface area contributed by atoms with Gasteiger partial charge in [-0.25, -0.2) is 9.37 Å². The molecule has 1 aliphatic rings. The van der Waals surface area contributed by atoms with Gasteiger partial charge in [0, 0.05) is 53.5 Å². The molecule has 8 heteroatoms. The van der Waals surface area contributed by atoms with Crippen LogP contribution in [0.2, 0.25) is 0 Å². The Hall–Kier alpha value is -4.33. The molecule has 5 rings (SSSR count). The third-order valence-electron chi connectivity index (χ3n) is 5.65. The summed E-state index contributed by atoms with van der Waals surface area (Å²) in [5.74, 6) is -0.303. The van der Waals surface area contributed by atoms with E-state index in [4.69, 9.17) is 0 Å². The standard InChI is InChI=1S/C26H23FN6O/c27-17-1-7-23-22(15-17)24(11-14-29-23)32-21-6-8-25(30-16-21)26(34)33-19-4-2-18(3-5-19)31-20-9-12-28-13-10-20/h2-6,8-14,16-17H,1,7,15H2,(H,28,31)(H,29,32)(H,33,34). The molecule has 1 aliphatic carbocycles. The molecule has 34 heavy (non-hydrogen) atoms. The summed E-state index contributed by atoms with van der Waals surface area (Å²) in [5.41, 5.74) is 6.18. The van der Waals surface area contributed by atoms with Gasteiger partial charge in [0.15, 0.2) is 0 Å². The number of carbonyl (C=O) groups is 1. The van der Waals surface area contributed by atoms with Gasteiger partial charge in [-0.1, -0.05) is 0 Å². The molecule has 3 N–H and O–H groups in total. The maximum absolute atomic E-state index is 13.9. The number of nitrogens with one attached hydrogen (secondary N) is 3. The zero-order valence-electron chi connectivity index (χ0n) is 18.3. The molecule has 3 heterocycles. The van der Waals surface area contributed by atoms with E-state index < -0.39 is 6.17 Å². The highest BCUT2D eigenvalue weighted by molar-refractivity contribution is 6.03. The van der Waals surface area contributed by atoms with Gasteiger partial charge >= 0.3 is 0 Å². The number of rotatable bonds is 6. The zero-order chi connectivity index (χ0) is 23.3. The first-order valence-corrected chi connectivity index (χ1v) is 11.1. The number of aryl methyl sites for hydroxylation is 1. The second kappa shape index (κ2) is 9.66. The van der Waals surface area contributed by atoms with Crippen LogP contribution in [0, 0.1) is 0 Å². The largest absolute Gasteiger partial charge is 0.355 e. The fraction of sp³-hybridized carbons (Fsp3) is 0.154. The van der Waals surface area contributed by atoms with E-state index in [1.165, 1.54) is 0 Å². The molecule has 7 nitrogen and oxygen atoms in total. The van der Waals surface area contributed by atoms with Crippen molar-refractivity contribution in [2.75, 3.05) is 16.0 Å². The summed E-state index contributed by atoms with van der Waals surface area (Å²) in [5, 5.41) is 9.40. The average molecular weight is 455 g/mol. The smallest absolute Gasteiger partial charge is 0.274 e. The number of fused-ring (bicyclic) bond motifs is 1. The van der Waals surface area contributed by atoms with Crippen molar-refractivity contribution in [1.82, 2.24) is 15.0 Å². The lowest BCUT2D eigenvalue weighted by Gasteiger charge is -2.21. The van der Waals surface area contributed by atoms with E-state index in [9.17, 15) is 9.18 Å². The van der Waals surface area contributed by atoms with Gasteiger partial charge in [0.05, 0.1) is 11.9 Å². The number of carbonyl (C=O) groups excluding carboxylic acids is 1. The van der Waals surface area contributed by atoms with Crippen molar-refractivity contribution in [3.8, 4) is 0 Å². The molecule has 0 aliphatic heterocycles. The summed E-state index contributed by atoms with van der Waals surface area (Å²) >= 11 is 0. The zero-order valence-corrected chi connectivity index (χ0v) is 18.3. The molecule has 0 spiro atoms. The minimum Gasteiger partial charge on any atom is -0.355 e. The molecule has 1 atom stereocenters. The number of hydrogen-bond donors (Lipinski definition) is 3. The Morgan fingerprint density at radius 3 is 2.32 bits per heavy atom. The summed E-state index contributed by atoms with van der Waals surface area (Å²) in [6, 6.07) is 16.4. The van der Waals surface area contributed by atoms with Crippen molar-refractivity contribution in [1.29, 1.82) is 0 Å². The maximum Gasteiger partial charge on any atom is 0.274 e. The highest BCUT2D eigenvalue weighted by atomic mass is 19.1. The van der Waals surface area contributed by atoms with E-state index in [2.05, 4.69) is 30.9 Å². The molecule has 0 bridgehead atoms. The van der Waals surface area contributed by atoms with E-state index >= 15 is 0 Å². The average Bonchev–Trinajstić information content (AvgIpc) is 2.87. The first-order chi connectivity index (χ1) is 16.6. The van der Waals surface area contributed by atoms with Crippen LogP contribution < -0.4 is 16.0 Å². The van der Waals surface area contributed by atoms with Crippen LogP contribution in [0.3, 0.4) is 0 Å². The number of amides is 1. The van der Waals surface area contributed by atoms with Crippen LogP contribution in [0.25, 0.3) is 0 Å². The lowest BCUT2D eigenvalue weighted by molar-refractivity contribution is 0.102. The number of pyridine rings is 3. The monoisotopic (exact) mass is 454 g/mol. The van der Waals surface area contributed by atoms with Crippen LogP contribution >= 0.6 is 0 Å². The van der Waals surface area contributed by atoms with Crippen LogP contribution in [0.15, 0.2) is 79.4 Å². The van der Waals surface area contributed by atoms with Gasteiger partial charge in [-0.05, 0) is 73.0 Å². The van der Waals surface area contributed by atoms with E-state index in [0.717, 1.165) is 34.0 Å². The van der Waals surface area contributed by atoms with Crippen molar-refractivity contribution < 1.29 is 9.18 Å². The molecule has 1 aromatic carbocycles. The molecular weight excluding hydrogens is 431 g/mol. The summed E-state index contributed by atoms with van der Waals surface area (Å²) in [7, 11) is 0. The van der Waals surface area contributed by atoms with Gasteiger partial charge in [-0.15, -0.1) is 0 Å². The van der Waals surface area contributed by atoms with E-state index in [1.54, 1.807) is 36.9 Å². The lowest BCUT2D eigenvalue weighted by Crippen LogP contribution is -2.17. The van der Waals surface area contributed by atoms with Gasteiger partial charge < -0.3 is 16.0 Å². The van der Waals surface area contributed by atoms with Crippen LogP contribution in [0.5, 0.6) is 0 Å². The first kappa shape index (κ1) is 21.5. The van der Waals surface area contributed by atoms with Crippen LogP contribution in [-0.2, 0) is 12.8 Å². The summed E-state index contributed by atoms with van der Waals surface area (Å²) in [6.07, 6.45) is 7.43. The number of benzene rings is 1. The SMILES string of the molecule is O=C(Nc1ccc(Nc2ccncc2)cc1)c1ccc(Nc2ccnc3c2CC(F)CC3)cn1. The van der Waals surface area contributed by atoms with Gasteiger partial charge in [0.2, 0.25) is 0 Å². The van der Waals surface area contributed by atoms with E-state index in [-0.39, 0.29) is 5.91 Å². The van der Waals surface area contributed by atoms with Crippen molar-refractivity contribution in [2.24, 2.45) is 0 Å². The molecular formula is C26H23FN6O. The lowest BCUT2D eigenvalue weighted by atomic mass is 9.93. The van der Waals surface area contributed by atoms with E-state index in [1.807, 2.05) is 42.5 Å². The molecule has 0 saturated carbocycles. The second-order valence-corrected chi connectivity index (χ2v) is 8.07. The third kappa shape index (κ3) is 5.01. The first-order valence-electron chi connectivity index (χ1n) is 11.1. The Bertz CT molecular complexity index is 1280. The van der Waals surface area contributed by atoms with Crippen LogP contribution in [0.1, 0.15) is 28.2 Å². The fourth-order valence-corrected chi connectivity index (χ4v) is 3.90. The Morgan fingerprint density at radius 2 is 1.56 bits per heavy atom. The molecule has 1 unspecified atom stereocenters. The highest BCUT2D eigenvalue weighted by Gasteiger charge is 2.21. The third-order valence-corrected chi connectivity index (χ3v) is 5.65. The summed E-state index contributed by atoms with van der Waals surface area (Å²) in [4.78, 5) is 25.3.